The Hall–Kier alpha value is -2.88. The zero-order valence-electron chi connectivity index (χ0n) is 18.5. The van der Waals surface area contributed by atoms with Gasteiger partial charge in [0.2, 0.25) is 21.0 Å². The van der Waals surface area contributed by atoms with Gasteiger partial charge in [0.1, 0.15) is 5.75 Å². The maximum Gasteiger partial charge on any atom is 0.281 e. The Morgan fingerprint density at radius 2 is 1.91 bits per heavy atom. The Labute approximate surface area is 187 Å². The van der Waals surface area contributed by atoms with E-state index in [1.54, 1.807) is 23.5 Å². The average Bonchev–Trinajstić information content (AvgIpc) is 3.48. The van der Waals surface area contributed by atoms with Crippen LogP contribution in [0.5, 0.6) is 5.75 Å². The number of rotatable bonds is 6. The zero-order chi connectivity index (χ0) is 22.6. The van der Waals surface area contributed by atoms with Crippen molar-refractivity contribution in [2.45, 2.75) is 56.9 Å². The van der Waals surface area contributed by atoms with E-state index in [4.69, 9.17) is 9.73 Å². The van der Waals surface area contributed by atoms with Crippen LogP contribution in [0.25, 0.3) is 0 Å². The van der Waals surface area contributed by atoms with Crippen molar-refractivity contribution < 1.29 is 17.9 Å². The topological polar surface area (TPSA) is 97.1 Å². The molecular formula is C22H27N5O4S. The monoisotopic (exact) mass is 457 g/mol. The van der Waals surface area contributed by atoms with E-state index in [1.807, 2.05) is 36.1 Å². The largest absolute Gasteiger partial charge is 0.497 e. The summed E-state index contributed by atoms with van der Waals surface area (Å²) in [7, 11) is -2.07. The lowest BCUT2D eigenvalue weighted by Gasteiger charge is -2.35. The molecule has 1 saturated carbocycles. The molecule has 1 fully saturated rings. The van der Waals surface area contributed by atoms with Crippen molar-refractivity contribution in [3.8, 4) is 5.75 Å². The van der Waals surface area contributed by atoms with Crippen LogP contribution in [-0.4, -0.2) is 66.2 Å². The summed E-state index contributed by atoms with van der Waals surface area (Å²) in [5.41, 5.74) is 1.18. The number of nitrogens with zero attached hydrogens (tertiary/aromatic N) is 5. The molecule has 2 atom stereocenters. The third-order valence-electron chi connectivity index (χ3n) is 6.58. The molecule has 5 rings (SSSR count). The van der Waals surface area contributed by atoms with Gasteiger partial charge >= 0.3 is 0 Å². The van der Waals surface area contributed by atoms with Crippen LogP contribution in [0.2, 0.25) is 0 Å². The number of benzene rings is 1. The minimum Gasteiger partial charge on any atom is -0.497 e. The molecule has 1 amide bonds. The number of guanidine groups is 1. The van der Waals surface area contributed by atoms with Gasteiger partial charge in [-0.15, -0.1) is 0 Å². The summed E-state index contributed by atoms with van der Waals surface area (Å²) in [6.45, 7) is 4.18. The number of carbonyl (C=O) groups is 1. The van der Waals surface area contributed by atoms with E-state index in [2.05, 4.69) is 4.98 Å². The quantitative estimate of drug-likeness (QED) is 0.660. The predicted molar refractivity (Wildman–Crippen MR) is 120 cm³/mol. The summed E-state index contributed by atoms with van der Waals surface area (Å²) in [6, 6.07) is 7.62. The SMILES string of the molecule is CCN1C(=O)c2c(nc(S(=O)(=O)CC)n2Cc2ccc(OC)cc2)N2C1=N[C@@H]1CCC[C@@H]12. The Morgan fingerprint density at radius 1 is 1.16 bits per heavy atom. The van der Waals surface area contributed by atoms with Gasteiger partial charge in [-0.25, -0.2) is 13.4 Å². The fraction of sp³-hybridized carbons (Fsp3) is 0.500. The molecule has 0 N–H and O–H groups in total. The van der Waals surface area contributed by atoms with E-state index in [9.17, 15) is 13.2 Å². The number of methoxy groups -OCH3 is 1. The Balaban J connectivity index is 1.69. The van der Waals surface area contributed by atoms with Crippen molar-refractivity contribution in [2.24, 2.45) is 4.99 Å². The van der Waals surface area contributed by atoms with Gasteiger partial charge in [-0.05, 0) is 43.9 Å². The number of anilines is 1. The molecule has 10 heteroatoms. The first kappa shape index (κ1) is 21.0. The number of hydrogen-bond acceptors (Lipinski definition) is 7. The first-order valence-corrected chi connectivity index (χ1v) is 12.7. The number of fused-ring (bicyclic) bond motifs is 5. The number of imidazole rings is 1. The minimum absolute atomic E-state index is 0.0621. The second-order valence-electron chi connectivity index (χ2n) is 8.32. The fourth-order valence-corrected chi connectivity index (χ4v) is 5.89. The van der Waals surface area contributed by atoms with Gasteiger partial charge in [0, 0.05) is 6.54 Å². The highest BCUT2D eigenvalue weighted by molar-refractivity contribution is 7.91. The predicted octanol–water partition coefficient (Wildman–Crippen LogP) is 2.31. The summed E-state index contributed by atoms with van der Waals surface area (Å²) in [4.78, 5) is 26.7. The third kappa shape index (κ3) is 3.03. The molecule has 1 aromatic heterocycles. The number of hydrogen-bond donors (Lipinski definition) is 0. The maximum atomic E-state index is 13.6. The molecule has 3 aliphatic rings. The van der Waals surface area contributed by atoms with Crippen LogP contribution in [0.1, 0.15) is 49.2 Å². The molecule has 0 saturated heterocycles. The molecule has 1 aromatic carbocycles. The lowest BCUT2D eigenvalue weighted by molar-refractivity contribution is 0.0835. The molecule has 0 bridgehead atoms. The molecule has 170 valence electrons. The minimum atomic E-state index is -3.66. The smallest absolute Gasteiger partial charge is 0.281 e. The highest BCUT2D eigenvalue weighted by Gasteiger charge is 2.50. The Morgan fingerprint density at radius 3 is 2.56 bits per heavy atom. The van der Waals surface area contributed by atoms with E-state index in [1.165, 1.54) is 0 Å². The summed E-state index contributed by atoms with van der Waals surface area (Å²) >= 11 is 0. The highest BCUT2D eigenvalue weighted by Crippen LogP contribution is 2.41. The summed E-state index contributed by atoms with van der Waals surface area (Å²) < 4.78 is 32.9. The van der Waals surface area contributed by atoms with Gasteiger partial charge < -0.3 is 9.30 Å². The molecule has 2 aromatic rings. The molecule has 9 nitrogen and oxygen atoms in total. The molecule has 2 aliphatic heterocycles. The number of sulfone groups is 1. The van der Waals surface area contributed by atoms with Gasteiger partial charge in [-0.1, -0.05) is 19.1 Å². The first-order valence-electron chi connectivity index (χ1n) is 11.0. The average molecular weight is 458 g/mol. The number of aromatic nitrogens is 2. The summed E-state index contributed by atoms with van der Waals surface area (Å²) in [5, 5.41) is -0.0621. The number of ether oxygens (including phenoxy) is 1. The molecular weight excluding hydrogens is 430 g/mol. The van der Waals surface area contributed by atoms with Gasteiger partial charge in [-0.3, -0.25) is 14.6 Å². The van der Waals surface area contributed by atoms with Crippen LogP contribution in [0.3, 0.4) is 0 Å². The number of carbonyl (C=O) groups excluding carboxylic acids is 1. The Bertz CT molecular complexity index is 1200. The lowest BCUT2D eigenvalue weighted by Crippen LogP contribution is -2.53. The molecule has 1 aliphatic carbocycles. The zero-order valence-corrected chi connectivity index (χ0v) is 19.3. The normalized spacial score (nSPS) is 22.0. The fourth-order valence-electron chi connectivity index (χ4n) is 4.91. The van der Waals surface area contributed by atoms with E-state index >= 15 is 0 Å². The van der Waals surface area contributed by atoms with Gasteiger partial charge in [0.25, 0.3) is 5.91 Å². The van der Waals surface area contributed by atoms with E-state index < -0.39 is 9.84 Å². The van der Waals surface area contributed by atoms with Crippen molar-refractivity contribution >= 4 is 27.5 Å². The van der Waals surface area contributed by atoms with Crippen LogP contribution in [0.15, 0.2) is 34.4 Å². The number of aliphatic imine (C=N–C) groups is 1. The van der Waals surface area contributed by atoms with Gasteiger partial charge in [0.15, 0.2) is 11.5 Å². The highest BCUT2D eigenvalue weighted by atomic mass is 32.2. The second-order valence-corrected chi connectivity index (χ2v) is 10.5. The molecule has 0 spiro atoms. The van der Waals surface area contributed by atoms with Crippen LogP contribution < -0.4 is 9.64 Å². The maximum absolute atomic E-state index is 13.6. The molecule has 0 radical (unpaired) electrons. The van der Waals surface area contributed by atoms with E-state index in [0.29, 0.717) is 29.8 Å². The van der Waals surface area contributed by atoms with E-state index in [0.717, 1.165) is 24.8 Å². The molecule has 32 heavy (non-hydrogen) atoms. The van der Waals surface area contributed by atoms with Crippen molar-refractivity contribution in [3.63, 3.8) is 0 Å². The van der Waals surface area contributed by atoms with Gasteiger partial charge in [-0.2, -0.15) is 4.98 Å². The summed E-state index contributed by atoms with van der Waals surface area (Å²) in [6.07, 6.45) is 2.98. The van der Waals surface area contributed by atoms with Crippen molar-refractivity contribution in [1.29, 1.82) is 0 Å². The first-order chi connectivity index (χ1) is 15.4. The molecule has 0 unspecified atom stereocenters. The van der Waals surface area contributed by atoms with Crippen LogP contribution in [-0.2, 0) is 16.4 Å². The molecule has 3 heterocycles. The third-order valence-corrected chi connectivity index (χ3v) is 8.21. The number of amides is 1. The van der Waals surface area contributed by atoms with Crippen LogP contribution in [0.4, 0.5) is 5.82 Å². The van der Waals surface area contributed by atoms with Crippen molar-refractivity contribution in [1.82, 2.24) is 14.5 Å². The van der Waals surface area contributed by atoms with Crippen molar-refractivity contribution in [2.75, 3.05) is 24.3 Å². The van der Waals surface area contributed by atoms with E-state index in [-0.39, 0.29) is 35.4 Å². The van der Waals surface area contributed by atoms with Crippen molar-refractivity contribution in [3.05, 3.63) is 35.5 Å². The Kier molecular flexibility index (Phi) is 4.99. The van der Waals surface area contributed by atoms with Crippen LogP contribution in [0, 0.1) is 0 Å². The standard InChI is InChI=1S/C22H27N5O4S/c1-4-25-20(28)18-19(27-17-8-6-7-16(17)23-21(25)27)24-22(32(29,30)5-2)26(18)13-14-9-11-15(31-3)12-10-14/h9-12,16-17H,4-8,13H2,1-3H3/t16-,17+/m1/s1. The second kappa shape index (κ2) is 7.61. The summed E-state index contributed by atoms with van der Waals surface area (Å²) in [5.74, 6) is 1.39. The van der Waals surface area contributed by atoms with Crippen LogP contribution >= 0.6 is 0 Å². The van der Waals surface area contributed by atoms with Gasteiger partial charge in [0.05, 0.1) is 31.5 Å². The lowest BCUT2D eigenvalue weighted by atomic mass is 10.1.